The Morgan fingerprint density at radius 1 is 1.29 bits per heavy atom. The van der Waals surface area contributed by atoms with Crippen LogP contribution in [0.5, 0.6) is 0 Å². The first kappa shape index (κ1) is 14.1. The van der Waals surface area contributed by atoms with Gasteiger partial charge in [0.2, 0.25) is 0 Å². The number of hydrogen-bond acceptors (Lipinski definition) is 4. The largest absolute Gasteiger partial charge is 0.378 e. The first-order valence-electron chi connectivity index (χ1n) is 7.11. The lowest BCUT2D eigenvalue weighted by Crippen LogP contribution is -2.35. The maximum Gasteiger partial charge on any atom is 0.125 e. The van der Waals surface area contributed by atoms with Gasteiger partial charge < -0.3 is 10.1 Å². The highest BCUT2D eigenvalue weighted by Crippen LogP contribution is 2.16. The molecule has 21 heavy (non-hydrogen) atoms. The van der Waals surface area contributed by atoms with Gasteiger partial charge in [0.25, 0.3) is 0 Å². The zero-order valence-electron chi connectivity index (χ0n) is 12.0. The van der Waals surface area contributed by atoms with Crippen molar-refractivity contribution in [2.75, 3.05) is 19.8 Å². The Kier molecular flexibility index (Phi) is 4.22. The molecule has 1 aromatic carbocycles. The number of hydrogen-bond donors (Lipinski definition) is 1. The Hall–Kier alpha value is -1.85. The standard InChI is InChI=1S/C16H18FN3O/c1-11-19-14(8-12-2-4-13(17)5-3-12)9-15(20-11)16-10-21-7-6-18-16/h2-5,9,16,18H,6-8,10H2,1H3/t16-/m0/s1. The van der Waals surface area contributed by atoms with Crippen molar-refractivity contribution in [2.45, 2.75) is 19.4 Å². The van der Waals surface area contributed by atoms with Crippen LogP contribution in [0.4, 0.5) is 4.39 Å². The summed E-state index contributed by atoms with van der Waals surface area (Å²) in [6.07, 6.45) is 0.671. The van der Waals surface area contributed by atoms with Gasteiger partial charge in [-0.15, -0.1) is 0 Å². The van der Waals surface area contributed by atoms with Crippen LogP contribution in [0.15, 0.2) is 30.3 Å². The molecule has 0 unspecified atom stereocenters. The average Bonchev–Trinajstić information content (AvgIpc) is 2.50. The van der Waals surface area contributed by atoms with Crippen LogP contribution in [0.3, 0.4) is 0 Å². The molecule has 0 aliphatic carbocycles. The van der Waals surface area contributed by atoms with Gasteiger partial charge in [-0.05, 0) is 30.7 Å². The van der Waals surface area contributed by atoms with E-state index in [1.165, 1.54) is 12.1 Å². The number of aryl methyl sites for hydroxylation is 1. The van der Waals surface area contributed by atoms with Crippen molar-refractivity contribution in [3.63, 3.8) is 0 Å². The van der Waals surface area contributed by atoms with E-state index < -0.39 is 0 Å². The van der Waals surface area contributed by atoms with Gasteiger partial charge in [0.1, 0.15) is 11.6 Å². The molecule has 4 nitrogen and oxygen atoms in total. The SMILES string of the molecule is Cc1nc(Cc2ccc(F)cc2)cc([C@@H]2COCCN2)n1. The highest BCUT2D eigenvalue weighted by molar-refractivity contribution is 5.24. The molecule has 2 heterocycles. The zero-order valence-corrected chi connectivity index (χ0v) is 12.0. The molecule has 1 aliphatic heterocycles. The van der Waals surface area contributed by atoms with Crippen LogP contribution >= 0.6 is 0 Å². The smallest absolute Gasteiger partial charge is 0.125 e. The van der Waals surface area contributed by atoms with E-state index in [1.807, 2.05) is 13.0 Å². The number of nitrogens with one attached hydrogen (secondary N) is 1. The zero-order chi connectivity index (χ0) is 14.7. The minimum atomic E-state index is -0.220. The first-order valence-corrected chi connectivity index (χ1v) is 7.11. The van der Waals surface area contributed by atoms with Crippen LogP contribution in [0.1, 0.15) is 28.8 Å². The lowest BCUT2D eigenvalue weighted by molar-refractivity contribution is 0.0755. The molecular formula is C16H18FN3O. The third kappa shape index (κ3) is 3.62. The number of nitrogens with zero attached hydrogens (tertiary/aromatic N) is 2. The van der Waals surface area contributed by atoms with Crippen molar-refractivity contribution in [1.29, 1.82) is 0 Å². The number of rotatable bonds is 3. The average molecular weight is 287 g/mol. The molecule has 0 bridgehead atoms. The van der Waals surface area contributed by atoms with E-state index in [4.69, 9.17) is 4.74 Å². The van der Waals surface area contributed by atoms with Crippen molar-refractivity contribution < 1.29 is 9.13 Å². The molecule has 1 atom stereocenters. The topological polar surface area (TPSA) is 47.0 Å². The van der Waals surface area contributed by atoms with Gasteiger partial charge in [0, 0.05) is 18.7 Å². The second-order valence-electron chi connectivity index (χ2n) is 5.22. The van der Waals surface area contributed by atoms with Crippen LogP contribution < -0.4 is 5.32 Å². The molecule has 110 valence electrons. The summed E-state index contributed by atoms with van der Waals surface area (Å²) >= 11 is 0. The van der Waals surface area contributed by atoms with E-state index in [0.717, 1.165) is 35.9 Å². The number of morpholine rings is 1. The Morgan fingerprint density at radius 2 is 2.10 bits per heavy atom. The fourth-order valence-corrected chi connectivity index (χ4v) is 2.49. The molecule has 5 heteroatoms. The summed E-state index contributed by atoms with van der Waals surface area (Å²) < 4.78 is 18.4. The third-order valence-electron chi connectivity index (χ3n) is 3.49. The monoisotopic (exact) mass is 287 g/mol. The highest BCUT2D eigenvalue weighted by atomic mass is 19.1. The Labute approximate surface area is 123 Å². The fraction of sp³-hybridized carbons (Fsp3) is 0.375. The Balaban J connectivity index is 1.81. The maximum absolute atomic E-state index is 12.9. The molecule has 1 aliphatic rings. The van der Waals surface area contributed by atoms with Crippen molar-refractivity contribution >= 4 is 0 Å². The second-order valence-corrected chi connectivity index (χ2v) is 5.22. The molecule has 0 spiro atoms. The quantitative estimate of drug-likeness (QED) is 0.940. The second kappa shape index (κ2) is 6.28. The number of ether oxygens (including phenoxy) is 1. The van der Waals surface area contributed by atoms with E-state index >= 15 is 0 Å². The minimum Gasteiger partial charge on any atom is -0.378 e. The molecule has 0 amide bonds. The van der Waals surface area contributed by atoms with E-state index in [9.17, 15) is 4.39 Å². The van der Waals surface area contributed by atoms with Gasteiger partial charge in [-0.1, -0.05) is 12.1 Å². The summed E-state index contributed by atoms with van der Waals surface area (Å²) in [6, 6.07) is 8.64. The number of halogens is 1. The summed E-state index contributed by atoms with van der Waals surface area (Å²) in [6.45, 7) is 4.10. The number of aromatic nitrogens is 2. The van der Waals surface area contributed by atoms with Crippen LogP contribution in [-0.4, -0.2) is 29.7 Å². The minimum absolute atomic E-state index is 0.118. The third-order valence-corrected chi connectivity index (χ3v) is 3.49. The summed E-state index contributed by atoms with van der Waals surface area (Å²) in [5, 5.41) is 3.40. The van der Waals surface area contributed by atoms with Crippen LogP contribution in [0.25, 0.3) is 0 Å². The molecule has 3 rings (SSSR count). The number of benzene rings is 1. The summed E-state index contributed by atoms with van der Waals surface area (Å²) in [4.78, 5) is 8.97. The van der Waals surface area contributed by atoms with E-state index in [-0.39, 0.29) is 11.9 Å². The van der Waals surface area contributed by atoms with E-state index in [0.29, 0.717) is 13.0 Å². The predicted molar refractivity (Wildman–Crippen MR) is 77.5 cm³/mol. The molecule has 1 fully saturated rings. The summed E-state index contributed by atoms with van der Waals surface area (Å²) in [5.74, 6) is 0.527. The molecular weight excluding hydrogens is 269 g/mol. The summed E-state index contributed by atoms with van der Waals surface area (Å²) in [7, 11) is 0. The van der Waals surface area contributed by atoms with Crippen molar-refractivity contribution in [1.82, 2.24) is 15.3 Å². The maximum atomic E-state index is 12.9. The van der Waals surface area contributed by atoms with Crippen LogP contribution in [0, 0.1) is 12.7 Å². The van der Waals surface area contributed by atoms with Gasteiger partial charge in [-0.3, -0.25) is 0 Å². The fourth-order valence-electron chi connectivity index (χ4n) is 2.49. The first-order chi connectivity index (χ1) is 10.2. The highest BCUT2D eigenvalue weighted by Gasteiger charge is 2.17. The molecule has 2 aromatic rings. The molecule has 1 N–H and O–H groups in total. The van der Waals surface area contributed by atoms with Gasteiger partial charge >= 0.3 is 0 Å². The molecule has 1 saturated heterocycles. The van der Waals surface area contributed by atoms with Gasteiger partial charge in [-0.2, -0.15) is 0 Å². The molecule has 0 saturated carbocycles. The van der Waals surface area contributed by atoms with Crippen LogP contribution in [-0.2, 0) is 11.2 Å². The van der Waals surface area contributed by atoms with Crippen LogP contribution in [0.2, 0.25) is 0 Å². The van der Waals surface area contributed by atoms with Gasteiger partial charge in [0.15, 0.2) is 0 Å². The van der Waals surface area contributed by atoms with Crippen molar-refractivity contribution in [3.8, 4) is 0 Å². The predicted octanol–water partition coefficient (Wildman–Crippen LogP) is 2.18. The Morgan fingerprint density at radius 3 is 2.81 bits per heavy atom. The normalized spacial score (nSPS) is 18.7. The lowest BCUT2D eigenvalue weighted by atomic mass is 10.1. The molecule has 0 radical (unpaired) electrons. The lowest BCUT2D eigenvalue weighted by Gasteiger charge is -2.23. The van der Waals surface area contributed by atoms with Crippen molar-refractivity contribution in [2.24, 2.45) is 0 Å². The Bertz CT molecular complexity index is 609. The van der Waals surface area contributed by atoms with Crippen molar-refractivity contribution in [3.05, 3.63) is 58.9 Å². The van der Waals surface area contributed by atoms with E-state index in [2.05, 4.69) is 15.3 Å². The molecule has 1 aromatic heterocycles. The van der Waals surface area contributed by atoms with Gasteiger partial charge in [-0.25, -0.2) is 14.4 Å². The van der Waals surface area contributed by atoms with E-state index in [1.54, 1.807) is 12.1 Å². The summed E-state index contributed by atoms with van der Waals surface area (Å²) in [5.41, 5.74) is 2.93. The van der Waals surface area contributed by atoms with Gasteiger partial charge in [0.05, 0.1) is 24.9 Å².